The van der Waals surface area contributed by atoms with Gasteiger partial charge in [0.25, 0.3) is 0 Å². The molecule has 98 valence electrons. The first-order chi connectivity index (χ1) is 9.06. The van der Waals surface area contributed by atoms with Crippen LogP contribution in [0, 0.1) is 11.6 Å². The Kier molecular flexibility index (Phi) is 4.16. The van der Waals surface area contributed by atoms with Gasteiger partial charge < -0.3 is 5.11 Å². The van der Waals surface area contributed by atoms with Crippen molar-refractivity contribution in [2.45, 2.75) is 10.6 Å². The van der Waals surface area contributed by atoms with E-state index in [9.17, 15) is 13.6 Å². The van der Waals surface area contributed by atoms with Gasteiger partial charge in [0.1, 0.15) is 11.6 Å². The van der Waals surface area contributed by atoms with Crippen LogP contribution in [-0.4, -0.2) is 11.1 Å². The summed E-state index contributed by atoms with van der Waals surface area (Å²) in [6, 6.07) is 9.59. The summed E-state index contributed by atoms with van der Waals surface area (Å²) in [4.78, 5) is 11.8. The molecule has 5 heteroatoms. The Morgan fingerprint density at radius 3 is 2.32 bits per heavy atom. The lowest BCUT2D eigenvalue weighted by molar-refractivity contribution is 0.0695. The average molecular weight is 280 g/mol. The number of hydrogen-bond donors (Lipinski definition) is 1. The van der Waals surface area contributed by atoms with Crippen LogP contribution in [-0.2, 0) is 5.75 Å². The van der Waals surface area contributed by atoms with Crippen LogP contribution in [0.2, 0.25) is 0 Å². The van der Waals surface area contributed by atoms with Gasteiger partial charge in [0.15, 0.2) is 0 Å². The summed E-state index contributed by atoms with van der Waals surface area (Å²) in [6.07, 6.45) is 0. The van der Waals surface area contributed by atoms with E-state index >= 15 is 0 Å². The Balaban J connectivity index is 2.15. The van der Waals surface area contributed by atoms with Crippen LogP contribution in [0.4, 0.5) is 8.78 Å². The minimum atomic E-state index is -1.16. The Bertz CT molecular complexity index is 597. The third-order valence-corrected chi connectivity index (χ3v) is 3.57. The Hall–Kier alpha value is -1.88. The summed E-state index contributed by atoms with van der Waals surface area (Å²) in [5.41, 5.74) is 0.484. The van der Waals surface area contributed by atoms with E-state index in [1.165, 1.54) is 36.0 Å². The molecule has 0 aliphatic carbocycles. The molecule has 0 radical (unpaired) electrons. The molecule has 0 aliphatic heterocycles. The topological polar surface area (TPSA) is 37.3 Å². The average Bonchev–Trinajstić information content (AvgIpc) is 2.39. The summed E-state index contributed by atoms with van der Waals surface area (Å²) >= 11 is 1.37. The number of benzene rings is 2. The molecule has 0 saturated carbocycles. The van der Waals surface area contributed by atoms with Gasteiger partial charge in [-0.2, -0.15) is 0 Å². The van der Waals surface area contributed by atoms with Crippen molar-refractivity contribution in [3.63, 3.8) is 0 Å². The first kappa shape index (κ1) is 13.5. The summed E-state index contributed by atoms with van der Waals surface area (Å²) in [5, 5.41) is 9.00. The fraction of sp³-hybridized carbons (Fsp3) is 0.0714. The van der Waals surface area contributed by atoms with Crippen molar-refractivity contribution in [3.05, 3.63) is 65.2 Å². The van der Waals surface area contributed by atoms with Gasteiger partial charge in [-0.05, 0) is 42.0 Å². The van der Waals surface area contributed by atoms with E-state index in [1.54, 1.807) is 12.1 Å². The lowest BCUT2D eigenvalue weighted by atomic mass is 10.1. The number of thioether (sulfide) groups is 1. The van der Waals surface area contributed by atoms with E-state index in [4.69, 9.17) is 5.11 Å². The van der Waals surface area contributed by atoms with Crippen LogP contribution in [0.15, 0.2) is 47.4 Å². The van der Waals surface area contributed by atoms with E-state index < -0.39 is 11.8 Å². The quantitative estimate of drug-likeness (QED) is 0.861. The molecule has 0 atom stereocenters. The monoisotopic (exact) mass is 280 g/mol. The molecule has 0 bridgehead atoms. The van der Waals surface area contributed by atoms with Gasteiger partial charge in [-0.15, -0.1) is 11.8 Å². The van der Waals surface area contributed by atoms with E-state index in [1.807, 2.05) is 0 Å². The number of carboxylic acid groups (broad SMARTS) is 1. The van der Waals surface area contributed by atoms with Crippen molar-refractivity contribution in [2.24, 2.45) is 0 Å². The highest BCUT2D eigenvalue weighted by molar-refractivity contribution is 7.98. The highest BCUT2D eigenvalue weighted by Crippen LogP contribution is 2.25. The summed E-state index contributed by atoms with van der Waals surface area (Å²) in [7, 11) is 0. The number of carbonyl (C=O) groups is 1. The molecule has 2 nitrogen and oxygen atoms in total. The van der Waals surface area contributed by atoms with Gasteiger partial charge in [0.05, 0.1) is 5.56 Å². The van der Waals surface area contributed by atoms with Gasteiger partial charge in [0, 0.05) is 10.6 Å². The minimum absolute atomic E-state index is 0.0467. The molecule has 2 aromatic carbocycles. The van der Waals surface area contributed by atoms with Crippen LogP contribution < -0.4 is 0 Å². The van der Waals surface area contributed by atoms with Gasteiger partial charge >= 0.3 is 5.97 Å². The largest absolute Gasteiger partial charge is 0.478 e. The molecule has 0 saturated heterocycles. The Morgan fingerprint density at radius 2 is 1.68 bits per heavy atom. The van der Waals surface area contributed by atoms with E-state index in [-0.39, 0.29) is 11.4 Å². The summed E-state index contributed by atoms with van der Waals surface area (Å²) < 4.78 is 25.7. The fourth-order valence-electron chi connectivity index (χ4n) is 1.57. The van der Waals surface area contributed by atoms with Crippen molar-refractivity contribution in [1.82, 2.24) is 0 Å². The third kappa shape index (κ3) is 3.54. The van der Waals surface area contributed by atoms with Crippen molar-refractivity contribution >= 4 is 17.7 Å². The summed E-state index contributed by atoms with van der Waals surface area (Å²) in [5.74, 6) is -1.67. The minimum Gasteiger partial charge on any atom is -0.478 e. The lowest BCUT2D eigenvalue weighted by Gasteiger charge is -2.06. The maximum Gasteiger partial charge on any atom is 0.336 e. The SMILES string of the molecule is O=C(O)c1cc(F)ccc1CSc1ccc(F)cc1. The molecule has 0 heterocycles. The molecule has 0 unspecified atom stereocenters. The number of aromatic carboxylic acids is 1. The smallest absolute Gasteiger partial charge is 0.336 e. The highest BCUT2D eigenvalue weighted by Gasteiger charge is 2.11. The molecule has 0 amide bonds. The first-order valence-corrected chi connectivity index (χ1v) is 6.45. The van der Waals surface area contributed by atoms with E-state index in [0.717, 1.165) is 11.0 Å². The van der Waals surface area contributed by atoms with Crippen molar-refractivity contribution < 1.29 is 18.7 Å². The molecule has 0 spiro atoms. The number of carboxylic acids is 1. The second-order valence-electron chi connectivity index (χ2n) is 3.85. The second-order valence-corrected chi connectivity index (χ2v) is 4.90. The second kappa shape index (κ2) is 5.84. The van der Waals surface area contributed by atoms with E-state index in [2.05, 4.69) is 0 Å². The zero-order valence-corrected chi connectivity index (χ0v) is 10.6. The zero-order chi connectivity index (χ0) is 13.8. The van der Waals surface area contributed by atoms with Crippen molar-refractivity contribution in [2.75, 3.05) is 0 Å². The maximum atomic E-state index is 13.0. The molecule has 0 fully saturated rings. The molecule has 1 N–H and O–H groups in total. The fourth-order valence-corrected chi connectivity index (χ4v) is 2.47. The number of halogens is 2. The zero-order valence-electron chi connectivity index (χ0n) is 9.77. The summed E-state index contributed by atoms with van der Waals surface area (Å²) in [6.45, 7) is 0. The van der Waals surface area contributed by atoms with Crippen LogP contribution in [0.5, 0.6) is 0 Å². The lowest BCUT2D eigenvalue weighted by Crippen LogP contribution is -2.02. The van der Waals surface area contributed by atoms with Crippen LogP contribution in [0.1, 0.15) is 15.9 Å². The number of hydrogen-bond acceptors (Lipinski definition) is 2. The molecule has 0 aromatic heterocycles. The molecule has 2 aromatic rings. The molecule has 0 aliphatic rings. The number of rotatable bonds is 4. The molecular formula is C14H10F2O2S. The Morgan fingerprint density at radius 1 is 1.05 bits per heavy atom. The van der Waals surface area contributed by atoms with Gasteiger partial charge in [-0.1, -0.05) is 6.07 Å². The standard InChI is InChI=1S/C14H10F2O2S/c15-10-3-5-12(6-4-10)19-8-9-1-2-11(16)7-13(9)14(17)18/h1-7H,8H2,(H,17,18). The predicted molar refractivity (Wildman–Crippen MR) is 69.3 cm³/mol. The van der Waals surface area contributed by atoms with E-state index in [0.29, 0.717) is 11.3 Å². The molecule has 2 rings (SSSR count). The predicted octanol–water partition coefficient (Wildman–Crippen LogP) is 3.96. The molecule has 19 heavy (non-hydrogen) atoms. The van der Waals surface area contributed by atoms with Crippen molar-refractivity contribution in [1.29, 1.82) is 0 Å². The Labute approximate surface area is 113 Å². The van der Waals surface area contributed by atoms with Gasteiger partial charge in [0.2, 0.25) is 0 Å². The van der Waals surface area contributed by atoms with Crippen LogP contribution in [0.25, 0.3) is 0 Å². The third-order valence-electron chi connectivity index (χ3n) is 2.51. The normalized spacial score (nSPS) is 10.4. The van der Waals surface area contributed by atoms with Gasteiger partial charge in [-0.25, -0.2) is 13.6 Å². The van der Waals surface area contributed by atoms with Crippen LogP contribution in [0.3, 0.4) is 0 Å². The maximum absolute atomic E-state index is 13.0. The van der Waals surface area contributed by atoms with Crippen molar-refractivity contribution in [3.8, 4) is 0 Å². The van der Waals surface area contributed by atoms with Gasteiger partial charge in [-0.3, -0.25) is 0 Å². The van der Waals surface area contributed by atoms with Crippen LogP contribution >= 0.6 is 11.8 Å². The highest BCUT2D eigenvalue weighted by atomic mass is 32.2. The first-order valence-electron chi connectivity index (χ1n) is 5.46. The molecular weight excluding hydrogens is 270 g/mol.